The molecule has 1 aliphatic heterocycles. The van der Waals surface area contributed by atoms with Crippen molar-refractivity contribution >= 4 is 27.7 Å². The van der Waals surface area contributed by atoms with Crippen LogP contribution in [0.15, 0.2) is 28.7 Å². The standard InChI is InChI=1S/C11H13BrN2O2/c12-9-2-1-3-10(8-9)13-4-5-14-6-7-16-11(14)15/h1-3,8,13H,4-7H2. The third-order valence-electron chi connectivity index (χ3n) is 2.38. The first-order valence-corrected chi connectivity index (χ1v) is 5.96. The quantitative estimate of drug-likeness (QED) is 0.923. The number of nitrogens with one attached hydrogen (secondary N) is 1. The largest absolute Gasteiger partial charge is 0.448 e. The Bertz CT molecular complexity index is 384. The summed E-state index contributed by atoms with van der Waals surface area (Å²) in [6, 6.07) is 7.94. The first-order chi connectivity index (χ1) is 7.75. The molecule has 0 radical (unpaired) electrons. The van der Waals surface area contributed by atoms with E-state index < -0.39 is 0 Å². The van der Waals surface area contributed by atoms with Gasteiger partial charge in [-0.2, -0.15) is 0 Å². The second-order valence-electron chi connectivity index (χ2n) is 3.54. The highest BCUT2D eigenvalue weighted by molar-refractivity contribution is 9.10. The van der Waals surface area contributed by atoms with Gasteiger partial charge in [0.15, 0.2) is 0 Å². The summed E-state index contributed by atoms with van der Waals surface area (Å²) in [6.45, 7) is 2.60. The molecule has 0 spiro atoms. The molecule has 1 saturated heterocycles. The lowest BCUT2D eigenvalue weighted by Gasteiger charge is -2.13. The van der Waals surface area contributed by atoms with Crippen molar-refractivity contribution in [3.63, 3.8) is 0 Å². The van der Waals surface area contributed by atoms with E-state index in [0.29, 0.717) is 19.7 Å². The fraction of sp³-hybridized carbons (Fsp3) is 0.364. The van der Waals surface area contributed by atoms with Gasteiger partial charge in [-0.1, -0.05) is 22.0 Å². The molecule has 0 saturated carbocycles. The van der Waals surface area contributed by atoms with Crippen LogP contribution in [0.1, 0.15) is 0 Å². The van der Waals surface area contributed by atoms with Gasteiger partial charge in [-0.25, -0.2) is 4.79 Å². The Balaban J connectivity index is 1.77. The van der Waals surface area contributed by atoms with Gasteiger partial charge in [0.2, 0.25) is 0 Å². The van der Waals surface area contributed by atoms with Crippen LogP contribution in [0.2, 0.25) is 0 Å². The van der Waals surface area contributed by atoms with Crippen LogP contribution in [0.25, 0.3) is 0 Å². The van der Waals surface area contributed by atoms with Gasteiger partial charge in [0, 0.05) is 23.2 Å². The highest BCUT2D eigenvalue weighted by Crippen LogP contribution is 2.15. The Morgan fingerprint density at radius 1 is 1.50 bits per heavy atom. The van der Waals surface area contributed by atoms with Crippen LogP contribution in [-0.4, -0.2) is 37.2 Å². The van der Waals surface area contributed by atoms with E-state index >= 15 is 0 Å². The minimum atomic E-state index is -0.212. The fourth-order valence-corrected chi connectivity index (χ4v) is 1.96. The van der Waals surface area contributed by atoms with Crippen molar-refractivity contribution in [2.45, 2.75) is 0 Å². The van der Waals surface area contributed by atoms with Gasteiger partial charge in [-0.15, -0.1) is 0 Å². The van der Waals surface area contributed by atoms with Gasteiger partial charge in [-0.3, -0.25) is 0 Å². The maximum atomic E-state index is 11.1. The zero-order chi connectivity index (χ0) is 11.4. The molecule has 5 heteroatoms. The topological polar surface area (TPSA) is 41.6 Å². The molecule has 0 unspecified atom stereocenters. The maximum Gasteiger partial charge on any atom is 0.409 e. The zero-order valence-electron chi connectivity index (χ0n) is 8.78. The Morgan fingerprint density at radius 3 is 3.06 bits per heavy atom. The third kappa shape index (κ3) is 2.88. The van der Waals surface area contributed by atoms with Crippen LogP contribution in [0.3, 0.4) is 0 Å². The second-order valence-corrected chi connectivity index (χ2v) is 4.45. The van der Waals surface area contributed by atoms with Crippen molar-refractivity contribution in [3.05, 3.63) is 28.7 Å². The molecule has 1 fully saturated rings. The molecular formula is C11H13BrN2O2. The number of amides is 1. The highest BCUT2D eigenvalue weighted by Gasteiger charge is 2.20. The molecular weight excluding hydrogens is 272 g/mol. The smallest absolute Gasteiger partial charge is 0.409 e. The molecule has 1 heterocycles. The zero-order valence-corrected chi connectivity index (χ0v) is 10.4. The molecule has 2 rings (SSSR count). The number of rotatable bonds is 4. The Morgan fingerprint density at radius 2 is 2.38 bits per heavy atom. The molecule has 1 N–H and O–H groups in total. The summed E-state index contributed by atoms with van der Waals surface area (Å²) >= 11 is 3.41. The number of hydrogen-bond acceptors (Lipinski definition) is 3. The molecule has 1 aliphatic rings. The molecule has 1 aromatic carbocycles. The number of nitrogens with zero attached hydrogens (tertiary/aromatic N) is 1. The van der Waals surface area contributed by atoms with Crippen molar-refractivity contribution in [3.8, 4) is 0 Å². The first-order valence-electron chi connectivity index (χ1n) is 5.17. The SMILES string of the molecule is O=C1OCCN1CCNc1cccc(Br)c1. The van der Waals surface area contributed by atoms with Gasteiger partial charge in [-0.05, 0) is 18.2 Å². The highest BCUT2D eigenvalue weighted by atomic mass is 79.9. The molecule has 4 nitrogen and oxygen atoms in total. The van der Waals surface area contributed by atoms with E-state index in [1.165, 1.54) is 0 Å². The van der Waals surface area contributed by atoms with Gasteiger partial charge in [0.05, 0.1) is 6.54 Å². The predicted octanol–water partition coefficient (Wildman–Crippen LogP) is 2.31. The minimum absolute atomic E-state index is 0.212. The van der Waals surface area contributed by atoms with E-state index in [2.05, 4.69) is 21.2 Å². The van der Waals surface area contributed by atoms with E-state index in [-0.39, 0.29) is 6.09 Å². The lowest BCUT2D eigenvalue weighted by molar-refractivity contribution is 0.159. The predicted molar refractivity (Wildman–Crippen MR) is 65.6 cm³/mol. The van der Waals surface area contributed by atoms with Crippen molar-refractivity contribution in [2.24, 2.45) is 0 Å². The molecule has 0 bridgehead atoms. The monoisotopic (exact) mass is 284 g/mol. The summed E-state index contributed by atoms with van der Waals surface area (Å²) < 4.78 is 5.88. The molecule has 1 aromatic rings. The van der Waals surface area contributed by atoms with Crippen molar-refractivity contribution in [1.82, 2.24) is 4.90 Å². The molecule has 86 valence electrons. The average Bonchev–Trinajstić information content (AvgIpc) is 2.65. The summed E-state index contributed by atoms with van der Waals surface area (Å²) in [6.07, 6.45) is -0.212. The molecule has 0 atom stereocenters. The van der Waals surface area contributed by atoms with E-state index in [4.69, 9.17) is 4.74 Å². The van der Waals surface area contributed by atoms with Gasteiger partial charge in [0.25, 0.3) is 0 Å². The molecule has 1 amide bonds. The summed E-state index contributed by atoms with van der Waals surface area (Å²) in [5.41, 5.74) is 1.04. The number of benzene rings is 1. The van der Waals surface area contributed by atoms with Crippen LogP contribution >= 0.6 is 15.9 Å². The van der Waals surface area contributed by atoms with Crippen LogP contribution in [-0.2, 0) is 4.74 Å². The molecule has 16 heavy (non-hydrogen) atoms. The Kier molecular flexibility index (Phi) is 3.66. The van der Waals surface area contributed by atoms with Gasteiger partial charge < -0.3 is 15.0 Å². The van der Waals surface area contributed by atoms with Crippen molar-refractivity contribution < 1.29 is 9.53 Å². The summed E-state index contributed by atoms with van der Waals surface area (Å²) in [4.78, 5) is 12.8. The van der Waals surface area contributed by atoms with Crippen molar-refractivity contribution in [2.75, 3.05) is 31.6 Å². The maximum absolute atomic E-state index is 11.1. The number of anilines is 1. The number of carbonyl (C=O) groups is 1. The number of hydrogen-bond donors (Lipinski definition) is 1. The van der Waals surface area contributed by atoms with Crippen LogP contribution in [0, 0.1) is 0 Å². The van der Waals surface area contributed by atoms with Crippen LogP contribution < -0.4 is 5.32 Å². The van der Waals surface area contributed by atoms with Crippen LogP contribution in [0.4, 0.5) is 10.5 Å². The molecule has 0 aromatic heterocycles. The average molecular weight is 285 g/mol. The third-order valence-corrected chi connectivity index (χ3v) is 2.87. The normalized spacial score (nSPS) is 15.1. The van der Waals surface area contributed by atoms with Gasteiger partial charge >= 0.3 is 6.09 Å². The lowest BCUT2D eigenvalue weighted by Crippen LogP contribution is -2.29. The number of carbonyl (C=O) groups excluding carboxylic acids is 1. The van der Waals surface area contributed by atoms with Crippen LogP contribution in [0.5, 0.6) is 0 Å². The Labute approximate surface area is 103 Å². The second kappa shape index (κ2) is 5.21. The van der Waals surface area contributed by atoms with Crippen molar-refractivity contribution in [1.29, 1.82) is 0 Å². The van der Waals surface area contributed by atoms with E-state index in [1.54, 1.807) is 4.90 Å². The van der Waals surface area contributed by atoms with E-state index in [1.807, 2.05) is 24.3 Å². The number of ether oxygens (including phenoxy) is 1. The van der Waals surface area contributed by atoms with E-state index in [0.717, 1.165) is 16.7 Å². The summed E-state index contributed by atoms with van der Waals surface area (Å²) in [7, 11) is 0. The lowest BCUT2D eigenvalue weighted by atomic mass is 10.3. The first kappa shape index (κ1) is 11.3. The minimum Gasteiger partial charge on any atom is -0.448 e. The summed E-state index contributed by atoms with van der Waals surface area (Å²) in [5, 5.41) is 3.25. The molecule has 0 aliphatic carbocycles. The van der Waals surface area contributed by atoms with Gasteiger partial charge in [0.1, 0.15) is 6.61 Å². The number of cyclic esters (lactones) is 1. The number of halogens is 1. The summed E-state index contributed by atoms with van der Waals surface area (Å²) in [5.74, 6) is 0. The Hall–Kier alpha value is -1.23. The van der Waals surface area contributed by atoms with E-state index in [9.17, 15) is 4.79 Å². The fourth-order valence-electron chi connectivity index (χ4n) is 1.56.